The fraction of sp³-hybridized carbons (Fsp3) is 0.533. The first-order chi connectivity index (χ1) is 23.1. The second-order valence-electron chi connectivity index (χ2n) is 10.9. The number of anilines is 1. The van der Waals surface area contributed by atoms with Crippen molar-refractivity contribution in [2.75, 3.05) is 11.5 Å². The van der Waals surface area contributed by atoms with Gasteiger partial charge in [0.25, 0.3) is 0 Å². The highest BCUT2D eigenvalue weighted by Crippen LogP contribution is 2.65. The van der Waals surface area contributed by atoms with E-state index in [2.05, 4.69) is 0 Å². The highest BCUT2D eigenvalue weighted by atomic mass is 19.4. The number of rotatable bonds is 16. The van der Waals surface area contributed by atoms with E-state index in [-0.39, 0.29) is 30.0 Å². The van der Waals surface area contributed by atoms with Crippen molar-refractivity contribution in [3.05, 3.63) is 65.5 Å². The number of allylic oxidation sites excluding steroid dienone is 3. The Morgan fingerprint density at radius 3 is 1.53 bits per heavy atom. The molecule has 0 unspecified atom stereocenters. The number of hydrogen-bond donors (Lipinski definition) is 0. The summed E-state index contributed by atoms with van der Waals surface area (Å²) in [6.45, 7) is 2.03. The quantitative estimate of drug-likeness (QED) is 0.0553. The van der Waals surface area contributed by atoms with Crippen LogP contribution in [0.15, 0.2) is 60.0 Å². The standard InChI is InChI=1S/C30H25F17N2O2/c1-2-3-4-5-6-7-16-51-22(50)21(17-48)18-12-14-49(15-13-18)20-10-8-19(9-11-20)23(31,32)24(33,34)25(35,36)26(37,38)27(39,40)28(41,42)29(43,44)30(45,46)47/h8-15H,2-7,16H2,1H3. The van der Waals surface area contributed by atoms with Gasteiger partial charge in [0.05, 0.1) is 6.61 Å². The molecule has 2 rings (SSSR count). The van der Waals surface area contributed by atoms with Gasteiger partial charge in [0, 0.05) is 29.2 Å². The zero-order valence-electron chi connectivity index (χ0n) is 25.7. The Morgan fingerprint density at radius 1 is 0.647 bits per heavy atom. The van der Waals surface area contributed by atoms with Gasteiger partial charge in [-0.05, 0) is 30.7 Å². The number of carbonyl (C=O) groups is 1. The maximum Gasteiger partial charge on any atom is 0.460 e. The molecule has 1 aromatic carbocycles. The lowest BCUT2D eigenvalue weighted by Gasteiger charge is -2.42. The van der Waals surface area contributed by atoms with Gasteiger partial charge in [-0.15, -0.1) is 0 Å². The van der Waals surface area contributed by atoms with E-state index in [4.69, 9.17) is 4.74 Å². The molecule has 0 aliphatic carbocycles. The largest absolute Gasteiger partial charge is 0.462 e. The van der Waals surface area contributed by atoms with Crippen molar-refractivity contribution in [2.24, 2.45) is 0 Å². The van der Waals surface area contributed by atoms with Crippen molar-refractivity contribution >= 4 is 11.7 Å². The van der Waals surface area contributed by atoms with Gasteiger partial charge in [-0.2, -0.15) is 79.9 Å². The molecule has 1 heterocycles. The summed E-state index contributed by atoms with van der Waals surface area (Å²) >= 11 is 0. The molecule has 1 aliphatic heterocycles. The average molecular weight is 769 g/mol. The number of benzene rings is 1. The highest BCUT2D eigenvalue weighted by molar-refractivity contribution is 5.95. The summed E-state index contributed by atoms with van der Waals surface area (Å²) in [6, 6.07) is 2.21. The minimum atomic E-state index is -8.71. The van der Waals surface area contributed by atoms with Crippen molar-refractivity contribution < 1.29 is 84.2 Å². The molecular formula is C30H25F17N2O2. The SMILES string of the molecule is CCCCCCCCOC(=O)C(C#N)=C1C=CN(c2ccc(C(F)(F)C(F)(F)C(F)(F)C(F)(F)C(F)(F)C(F)(F)C(F)(F)C(F)(F)F)cc2)C=C1. The number of nitrogens with zero attached hydrogens (tertiary/aromatic N) is 2. The average Bonchev–Trinajstić information content (AvgIpc) is 3.04. The number of hydrogen-bond acceptors (Lipinski definition) is 4. The fourth-order valence-corrected chi connectivity index (χ4v) is 4.30. The molecule has 0 saturated carbocycles. The van der Waals surface area contributed by atoms with Crippen molar-refractivity contribution in [1.29, 1.82) is 5.26 Å². The Kier molecular flexibility index (Phi) is 12.6. The van der Waals surface area contributed by atoms with Crippen LogP contribution < -0.4 is 4.90 Å². The van der Waals surface area contributed by atoms with E-state index in [1.807, 2.05) is 6.92 Å². The Morgan fingerprint density at radius 2 is 1.08 bits per heavy atom. The third-order valence-corrected chi connectivity index (χ3v) is 7.42. The second-order valence-corrected chi connectivity index (χ2v) is 10.9. The van der Waals surface area contributed by atoms with Crippen molar-refractivity contribution in [3.63, 3.8) is 0 Å². The number of unbranched alkanes of at least 4 members (excludes halogenated alkanes) is 5. The molecule has 0 aromatic heterocycles. The Balaban J connectivity index is 2.31. The number of esters is 1. The van der Waals surface area contributed by atoms with E-state index in [1.165, 1.54) is 0 Å². The molecule has 0 amide bonds. The van der Waals surface area contributed by atoms with Crippen LogP contribution in [0.25, 0.3) is 0 Å². The molecule has 0 saturated heterocycles. The lowest BCUT2D eigenvalue weighted by Crippen LogP contribution is -2.74. The predicted octanol–water partition coefficient (Wildman–Crippen LogP) is 10.7. The summed E-state index contributed by atoms with van der Waals surface area (Å²) in [5.41, 5.74) is -3.14. The van der Waals surface area contributed by atoms with Gasteiger partial charge in [0.1, 0.15) is 11.6 Å². The molecule has 51 heavy (non-hydrogen) atoms. The van der Waals surface area contributed by atoms with Gasteiger partial charge in [-0.3, -0.25) is 0 Å². The highest BCUT2D eigenvalue weighted by Gasteiger charge is 2.95. The summed E-state index contributed by atoms with van der Waals surface area (Å²) in [7, 11) is 0. The van der Waals surface area contributed by atoms with Crippen LogP contribution in [0.4, 0.5) is 80.3 Å². The number of halogens is 17. The summed E-state index contributed by atoms with van der Waals surface area (Å²) in [5.74, 6) is -58.1. The van der Waals surface area contributed by atoms with Crippen LogP contribution in [0.1, 0.15) is 51.0 Å². The summed E-state index contributed by atoms with van der Waals surface area (Å²) < 4.78 is 236. The van der Waals surface area contributed by atoms with Gasteiger partial charge in [-0.25, -0.2) is 4.79 Å². The first-order valence-corrected chi connectivity index (χ1v) is 14.4. The zero-order valence-corrected chi connectivity index (χ0v) is 25.7. The molecule has 4 nitrogen and oxygen atoms in total. The lowest BCUT2D eigenvalue weighted by molar-refractivity contribution is -0.462. The Hall–Kier alpha value is -3.99. The van der Waals surface area contributed by atoms with Crippen LogP contribution in [-0.4, -0.2) is 54.3 Å². The van der Waals surface area contributed by atoms with Crippen LogP contribution in [0, 0.1) is 11.3 Å². The normalized spacial score (nSPS) is 15.2. The topological polar surface area (TPSA) is 53.3 Å². The molecule has 0 bridgehead atoms. The molecule has 0 atom stereocenters. The van der Waals surface area contributed by atoms with Crippen LogP contribution in [0.5, 0.6) is 0 Å². The summed E-state index contributed by atoms with van der Waals surface area (Å²) in [4.78, 5) is 13.3. The zero-order chi connectivity index (χ0) is 39.5. The van der Waals surface area contributed by atoms with E-state index >= 15 is 0 Å². The summed E-state index contributed by atoms with van der Waals surface area (Å²) in [6.07, 6.45) is 1.75. The molecule has 21 heteroatoms. The molecule has 0 fully saturated rings. The third-order valence-electron chi connectivity index (χ3n) is 7.42. The monoisotopic (exact) mass is 768 g/mol. The Bertz CT molecular complexity index is 1510. The molecule has 1 aliphatic rings. The molecule has 0 spiro atoms. The smallest absolute Gasteiger partial charge is 0.460 e. The van der Waals surface area contributed by atoms with Crippen molar-refractivity contribution in [3.8, 4) is 6.07 Å². The van der Waals surface area contributed by atoms with E-state index < -0.39 is 64.7 Å². The molecule has 1 aromatic rings. The number of nitriles is 1. The fourth-order valence-electron chi connectivity index (χ4n) is 4.30. The summed E-state index contributed by atoms with van der Waals surface area (Å²) in [5, 5.41) is 9.38. The van der Waals surface area contributed by atoms with Gasteiger partial charge in [-0.1, -0.05) is 51.2 Å². The van der Waals surface area contributed by atoms with Crippen LogP contribution in [0.2, 0.25) is 0 Å². The van der Waals surface area contributed by atoms with E-state index in [0.717, 1.165) is 61.6 Å². The maximum absolute atomic E-state index is 14.6. The molecular weight excluding hydrogens is 743 g/mol. The number of carbonyl (C=O) groups excluding carboxylic acids is 1. The molecule has 0 N–H and O–H groups in total. The van der Waals surface area contributed by atoms with Gasteiger partial charge >= 0.3 is 53.6 Å². The van der Waals surface area contributed by atoms with Gasteiger partial charge in [0.2, 0.25) is 0 Å². The molecule has 286 valence electrons. The van der Waals surface area contributed by atoms with Gasteiger partial charge < -0.3 is 9.64 Å². The molecule has 0 radical (unpaired) electrons. The number of ether oxygens (including phenoxy) is 1. The lowest BCUT2D eigenvalue weighted by atomic mass is 9.87. The van der Waals surface area contributed by atoms with E-state index in [1.54, 1.807) is 6.07 Å². The predicted molar refractivity (Wildman–Crippen MR) is 144 cm³/mol. The first-order valence-electron chi connectivity index (χ1n) is 14.4. The van der Waals surface area contributed by atoms with E-state index in [9.17, 15) is 84.7 Å². The van der Waals surface area contributed by atoms with Gasteiger partial charge in [0.15, 0.2) is 0 Å². The minimum Gasteiger partial charge on any atom is -0.462 e. The van der Waals surface area contributed by atoms with E-state index in [0.29, 0.717) is 18.6 Å². The minimum absolute atomic E-state index is 0.00543. The Labute approximate surface area is 277 Å². The third kappa shape index (κ3) is 7.64. The van der Waals surface area contributed by atoms with Crippen LogP contribution in [-0.2, 0) is 15.5 Å². The van der Waals surface area contributed by atoms with Crippen LogP contribution in [0.3, 0.4) is 0 Å². The number of alkyl halides is 17. The first kappa shape index (κ1) is 43.2. The second kappa shape index (κ2) is 14.9. The van der Waals surface area contributed by atoms with Crippen molar-refractivity contribution in [1.82, 2.24) is 0 Å². The van der Waals surface area contributed by atoms with Crippen LogP contribution >= 0.6 is 0 Å². The van der Waals surface area contributed by atoms with Crippen molar-refractivity contribution in [2.45, 2.75) is 93.1 Å². The maximum atomic E-state index is 14.6.